The van der Waals surface area contributed by atoms with Crippen LogP contribution in [-0.2, 0) is 11.2 Å². The van der Waals surface area contributed by atoms with Crippen LogP contribution in [0, 0.1) is 5.92 Å². The van der Waals surface area contributed by atoms with Crippen molar-refractivity contribution in [2.75, 3.05) is 13.2 Å². The summed E-state index contributed by atoms with van der Waals surface area (Å²) >= 11 is 0. The molecule has 2 aromatic rings. The third-order valence-corrected chi connectivity index (χ3v) is 4.01. The highest BCUT2D eigenvalue weighted by molar-refractivity contribution is 5.78. The van der Waals surface area contributed by atoms with Gasteiger partial charge in [0.1, 0.15) is 0 Å². The summed E-state index contributed by atoms with van der Waals surface area (Å²) in [6.07, 6.45) is 1.06. The quantitative estimate of drug-likeness (QED) is 0.718. The molecule has 0 unspecified atom stereocenters. The summed E-state index contributed by atoms with van der Waals surface area (Å²) < 4.78 is 11.1. The Balaban J connectivity index is 1.87. The molecule has 4 heteroatoms. The van der Waals surface area contributed by atoms with Crippen LogP contribution in [0.1, 0.15) is 44.9 Å². The molecule has 0 saturated carbocycles. The minimum Gasteiger partial charge on any atom is -0.490 e. The van der Waals surface area contributed by atoms with Crippen molar-refractivity contribution < 1.29 is 14.3 Å². The highest BCUT2D eigenvalue weighted by Crippen LogP contribution is 2.26. The topological polar surface area (TPSA) is 47.6 Å². The van der Waals surface area contributed by atoms with Crippen molar-refractivity contribution in [1.82, 2.24) is 5.32 Å². The monoisotopic (exact) mass is 355 g/mol. The summed E-state index contributed by atoms with van der Waals surface area (Å²) in [6.45, 7) is 8.82. The Kier molecular flexibility index (Phi) is 7.52. The van der Waals surface area contributed by atoms with Gasteiger partial charge < -0.3 is 14.8 Å². The van der Waals surface area contributed by atoms with Crippen molar-refractivity contribution in [2.24, 2.45) is 5.92 Å². The number of hydrogen-bond donors (Lipinski definition) is 1. The number of carbonyl (C=O) groups excluding carboxylic acids is 1. The second-order valence-electron chi connectivity index (χ2n) is 6.80. The Bertz CT molecular complexity index is 695. The molecular weight excluding hydrogens is 326 g/mol. The molecule has 0 aliphatic heterocycles. The Labute approximate surface area is 156 Å². The molecule has 2 rings (SSSR count). The summed E-state index contributed by atoms with van der Waals surface area (Å²) in [5, 5.41) is 2.97. The lowest BCUT2D eigenvalue weighted by Crippen LogP contribution is -2.31. The van der Waals surface area contributed by atoms with Crippen LogP contribution in [0.25, 0.3) is 0 Å². The lowest BCUT2D eigenvalue weighted by atomic mass is 10.00. The highest BCUT2D eigenvalue weighted by Gasteiger charge is 2.12. The average molecular weight is 355 g/mol. The van der Waals surface area contributed by atoms with E-state index in [4.69, 9.17) is 9.47 Å². The molecule has 0 bridgehead atoms. The standard InChI is InChI=1S/C22H29NO3/c1-5-25-20-8-6-7-9-21(20)26-15-22(24)23-17(4)19-12-10-18(11-13-19)14-16(2)3/h6-13,16-17H,5,14-15H2,1-4H3,(H,23,24)/t17-/m1/s1. The minimum absolute atomic E-state index is 0.0418. The predicted molar refractivity (Wildman–Crippen MR) is 105 cm³/mol. The lowest BCUT2D eigenvalue weighted by molar-refractivity contribution is -0.123. The summed E-state index contributed by atoms with van der Waals surface area (Å²) in [5.41, 5.74) is 2.40. The largest absolute Gasteiger partial charge is 0.490 e. The number of ether oxygens (including phenoxy) is 2. The number of hydrogen-bond acceptors (Lipinski definition) is 3. The maximum absolute atomic E-state index is 12.2. The molecule has 140 valence electrons. The molecule has 0 aromatic heterocycles. The molecule has 0 aliphatic rings. The molecule has 4 nitrogen and oxygen atoms in total. The van der Waals surface area contributed by atoms with Crippen molar-refractivity contribution >= 4 is 5.91 Å². The first-order chi connectivity index (χ1) is 12.5. The first-order valence-corrected chi connectivity index (χ1v) is 9.22. The van der Waals surface area contributed by atoms with E-state index in [2.05, 4.69) is 43.4 Å². The van der Waals surface area contributed by atoms with E-state index in [1.807, 2.05) is 32.0 Å². The molecular formula is C22H29NO3. The van der Waals surface area contributed by atoms with Gasteiger partial charge in [-0.3, -0.25) is 4.79 Å². The van der Waals surface area contributed by atoms with Gasteiger partial charge in [0.25, 0.3) is 5.91 Å². The second-order valence-corrected chi connectivity index (χ2v) is 6.80. The summed E-state index contributed by atoms with van der Waals surface area (Å²) in [5.74, 6) is 1.71. The van der Waals surface area contributed by atoms with Crippen molar-refractivity contribution in [3.63, 3.8) is 0 Å². The van der Waals surface area contributed by atoms with Crippen LogP contribution in [0.2, 0.25) is 0 Å². The average Bonchev–Trinajstić information content (AvgIpc) is 2.61. The SMILES string of the molecule is CCOc1ccccc1OCC(=O)N[C@H](C)c1ccc(CC(C)C)cc1. The number of amides is 1. The second kappa shape index (κ2) is 9.85. The molecule has 0 radical (unpaired) electrons. The zero-order valence-corrected chi connectivity index (χ0v) is 16.1. The van der Waals surface area contributed by atoms with Crippen LogP contribution in [0.4, 0.5) is 0 Å². The Hall–Kier alpha value is -2.49. The number of nitrogens with one attached hydrogen (secondary N) is 1. The molecule has 0 spiro atoms. The van der Waals surface area contributed by atoms with E-state index in [-0.39, 0.29) is 18.6 Å². The molecule has 0 saturated heterocycles. The fraction of sp³-hybridized carbons (Fsp3) is 0.409. The van der Waals surface area contributed by atoms with E-state index < -0.39 is 0 Å². The van der Waals surface area contributed by atoms with Gasteiger partial charge in [-0.15, -0.1) is 0 Å². The van der Waals surface area contributed by atoms with Crippen LogP contribution in [0.5, 0.6) is 11.5 Å². The third kappa shape index (κ3) is 6.10. The first kappa shape index (κ1) is 19.8. The van der Waals surface area contributed by atoms with Crippen LogP contribution >= 0.6 is 0 Å². The Morgan fingerprint density at radius 3 is 2.15 bits per heavy atom. The van der Waals surface area contributed by atoms with Gasteiger partial charge in [-0.1, -0.05) is 50.2 Å². The van der Waals surface area contributed by atoms with Crippen LogP contribution < -0.4 is 14.8 Å². The van der Waals surface area contributed by atoms with Crippen LogP contribution in [0.3, 0.4) is 0 Å². The van der Waals surface area contributed by atoms with E-state index in [9.17, 15) is 4.79 Å². The van der Waals surface area contributed by atoms with Gasteiger partial charge in [-0.05, 0) is 49.4 Å². The first-order valence-electron chi connectivity index (χ1n) is 9.22. The number of carbonyl (C=O) groups is 1. The van der Waals surface area contributed by atoms with E-state index in [1.165, 1.54) is 5.56 Å². The van der Waals surface area contributed by atoms with Crippen molar-refractivity contribution in [3.8, 4) is 11.5 Å². The van der Waals surface area contributed by atoms with E-state index in [1.54, 1.807) is 6.07 Å². The molecule has 0 heterocycles. The Morgan fingerprint density at radius 1 is 0.962 bits per heavy atom. The fourth-order valence-corrected chi connectivity index (χ4v) is 2.77. The van der Waals surface area contributed by atoms with Gasteiger partial charge in [-0.2, -0.15) is 0 Å². The van der Waals surface area contributed by atoms with E-state index >= 15 is 0 Å². The molecule has 1 N–H and O–H groups in total. The van der Waals surface area contributed by atoms with E-state index in [0.717, 1.165) is 12.0 Å². The Morgan fingerprint density at radius 2 is 1.58 bits per heavy atom. The summed E-state index contributed by atoms with van der Waals surface area (Å²) in [6, 6.07) is 15.7. The molecule has 1 atom stereocenters. The maximum atomic E-state index is 12.2. The smallest absolute Gasteiger partial charge is 0.258 e. The molecule has 1 amide bonds. The van der Waals surface area contributed by atoms with Gasteiger partial charge in [0.2, 0.25) is 0 Å². The van der Waals surface area contributed by atoms with Crippen molar-refractivity contribution in [1.29, 1.82) is 0 Å². The van der Waals surface area contributed by atoms with Gasteiger partial charge in [-0.25, -0.2) is 0 Å². The lowest BCUT2D eigenvalue weighted by Gasteiger charge is -2.16. The van der Waals surface area contributed by atoms with Crippen molar-refractivity contribution in [3.05, 3.63) is 59.7 Å². The van der Waals surface area contributed by atoms with Gasteiger partial charge >= 0.3 is 0 Å². The van der Waals surface area contributed by atoms with Gasteiger partial charge in [0.15, 0.2) is 18.1 Å². The van der Waals surface area contributed by atoms with Crippen LogP contribution in [0.15, 0.2) is 48.5 Å². The van der Waals surface area contributed by atoms with Crippen molar-refractivity contribution in [2.45, 2.75) is 40.2 Å². The van der Waals surface area contributed by atoms with E-state index in [0.29, 0.717) is 24.0 Å². The molecule has 26 heavy (non-hydrogen) atoms. The normalized spacial score (nSPS) is 11.9. The molecule has 0 aliphatic carbocycles. The van der Waals surface area contributed by atoms with Crippen LogP contribution in [-0.4, -0.2) is 19.1 Å². The predicted octanol–water partition coefficient (Wildman–Crippen LogP) is 4.54. The maximum Gasteiger partial charge on any atom is 0.258 e. The number of rotatable bonds is 9. The zero-order valence-electron chi connectivity index (χ0n) is 16.1. The number of para-hydroxylation sites is 2. The summed E-state index contributed by atoms with van der Waals surface area (Å²) in [7, 11) is 0. The van der Waals surface area contributed by atoms with Gasteiger partial charge in [0.05, 0.1) is 12.6 Å². The molecule has 0 fully saturated rings. The van der Waals surface area contributed by atoms with Gasteiger partial charge in [0, 0.05) is 0 Å². The minimum atomic E-state index is -0.157. The third-order valence-electron chi connectivity index (χ3n) is 4.01. The fourth-order valence-electron chi connectivity index (χ4n) is 2.77. The summed E-state index contributed by atoms with van der Waals surface area (Å²) in [4.78, 5) is 12.2. The molecule has 2 aromatic carbocycles. The number of benzene rings is 2. The zero-order chi connectivity index (χ0) is 18.9. The highest BCUT2D eigenvalue weighted by atomic mass is 16.5.